The van der Waals surface area contributed by atoms with Crippen molar-refractivity contribution in [1.82, 2.24) is 14.3 Å². The Hall–Kier alpha value is -2.49. The van der Waals surface area contributed by atoms with E-state index in [4.69, 9.17) is 9.47 Å². The largest absolute Gasteiger partial charge is 0.497 e. The summed E-state index contributed by atoms with van der Waals surface area (Å²) in [7, 11) is -2.17. The number of methoxy groups -OCH3 is 1. The molecule has 142 valence electrons. The molecule has 0 saturated carbocycles. The van der Waals surface area contributed by atoms with E-state index < -0.39 is 15.8 Å². The highest BCUT2D eigenvalue weighted by Gasteiger charge is 2.26. The van der Waals surface area contributed by atoms with Crippen LogP contribution in [0, 0.1) is 5.82 Å². The Labute approximate surface area is 155 Å². The average Bonchev–Trinajstić information content (AvgIpc) is 3.05. The molecule has 1 aliphatic rings. The van der Waals surface area contributed by atoms with E-state index in [1.54, 1.807) is 7.11 Å². The van der Waals surface area contributed by atoms with E-state index in [0.29, 0.717) is 19.0 Å². The summed E-state index contributed by atoms with van der Waals surface area (Å²) < 4.78 is 53.4. The predicted molar refractivity (Wildman–Crippen MR) is 96.6 cm³/mol. The number of benzene rings is 2. The number of rotatable bonds is 5. The molecule has 2 heterocycles. The fourth-order valence-electron chi connectivity index (χ4n) is 3.17. The zero-order chi connectivity index (χ0) is 19.0. The van der Waals surface area contributed by atoms with Crippen LogP contribution in [0.5, 0.6) is 5.75 Å². The van der Waals surface area contributed by atoms with Gasteiger partial charge in [0.2, 0.25) is 10.0 Å². The van der Waals surface area contributed by atoms with Gasteiger partial charge in [0.05, 0.1) is 35.7 Å². The van der Waals surface area contributed by atoms with Crippen LogP contribution in [0.4, 0.5) is 4.39 Å². The van der Waals surface area contributed by atoms with Gasteiger partial charge < -0.3 is 14.0 Å². The van der Waals surface area contributed by atoms with Gasteiger partial charge in [-0.3, -0.25) is 0 Å². The molecule has 1 unspecified atom stereocenters. The maximum atomic E-state index is 13.0. The van der Waals surface area contributed by atoms with Crippen molar-refractivity contribution in [3.05, 3.63) is 54.1 Å². The van der Waals surface area contributed by atoms with E-state index in [9.17, 15) is 12.8 Å². The Kier molecular flexibility index (Phi) is 4.58. The number of hydrogen-bond acceptors (Lipinski definition) is 5. The van der Waals surface area contributed by atoms with E-state index in [1.807, 2.05) is 22.8 Å². The van der Waals surface area contributed by atoms with Crippen LogP contribution in [0.25, 0.3) is 11.0 Å². The number of fused-ring (bicyclic) bond motifs is 3. The number of nitrogens with one attached hydrogen (secondary N) is 1. The van der Waals surface area contributed by atoms with Crippen LogP contribution in [0.1, 0.15) is 11.9 Å². The Morgan fingerprint density at radius 2 is 2.07 bits per heavy atom. The summed E-state index contributed by atoms with van der Waals surface area (Å²) in [6.07, 6.45) is 0. The number of aromatic nitrogens is 2. The third-order valence-corrected chi connectivity index (χ3v) is 5.95. The second kappa shape index (κ2) is 6.91. The smallest absolute Gasteiger partial charge is 0.240 e. The SMILES string of the molecule is COc1ccc2nc3n(c2c1)C(CNS(=O)(=O)c1ccc(F)cc1)COC3. The summed E-state index contributed by atoms with van der Waals surface area (Å²) in [5.74, 6) is 0.941. The normalized spacial score (nSPS) is 17.0. The number of nitrogens with zero attached hydrogens (tertiary/aromatic N) is 2. The molecule has 9 heteroatoms. The van der Waals surface area contributed by atoms with Crippen molar-refractivity contribution < 1.29 is 22.3 Å². The lowest BCUT2D eigenvalue weighted by atomic mass is 10.2. The molecule has 0 saturated heterocycles. The van der Waals surface area contributed by atoms with Crippen LogP contribution in [0.15, 0.2) is 47.4 Å². The van der Waals surface area contributed by atoms with Gasteiger partial charge in [-0.25, -0.2) is 22.5 Å². The van der Waals surface area contributed by atoms with Gasteiger partial charge in [0.15, 0.2) is 0 Å². The summed E-state index contributed by atoms with van der Waals surface area (Å²) in [4.78, 5) is 4.57. The molecule has 0 aliphatic carbocycles. The van der Waals surface area contributed by atoms with Gasteiger partial charge in [-0.15, -0.1) is 0 Å². The lowest BCUT2D eigenvalue weighted by Gasteiger charge is -2.26. The summed E-state index contributed by atoms with van der Waals surface area (Å²) in [5.41, 5.74) is 1.65. The van der Waals surface area contributed by atoms with Crippen LogP contribution in [-0.4, -0.2) is 38.2 Å². The van der Waals surface area contributed by atoms with Crippen molar-refractivity contribution in [2.75, 3.05) is 20.3 Å². The lowest BCUT2D eigenvalue weighted by molar-refractivity contribution is 0.0581. The first-order chi connectivity index (χ1) is 13.0. The van der Waals surface area contributed by atoms with Gasteiger partial charge in [0, 0.05) is 12.6 Å². The quantitative estimate of drug-likeness (QED) is 0.721. The molecule has 0 bridgehead atoms. The molecule has 1 aliphatic heterocycles. The molecule has 0 radical (unpaired) electrons. The first kappa shape index (κ1) is 17.9. The Morgan fingerprint density at radius 3 is 2.81 bits per heavy atom. The first-order valence-corrected chi connectivity index (χ1v) is 9.84. The van der Waals surface area contributed by atoms with Gasteiger partial charge in [-0.05, 0) is 36.4 Å². The van der Waals surface area contributed by atoms with Gasteiger partial charge in [0.1, 0.15) is 24.0 Å². The van der Waals surface area contributed by atoms with Crippen LogP contribution in [0.3, 0.4) is 0 Å². The summed E-state index contributed by atoms with van der Waals surface area (Å²) in [5, 5.41) is 0. The Balaban J connectivity index is 1.62. The van der Waals surface area contributed by atoms with Gasteiger partial charge in [0.25, 0.3) is 0 Å². The molecule has 7 nitrogen and oxygen atoms in total. The Morgan fingerprint density at radius 1 is 1.30 bits per heavy atom. The fourth-order valence-corrected chi connectivity index (χ4v) is 4.25. The highest BCUT2D eigenvalue weighted by molar-refractivity contribution is 7.89. The molecule has 2 aromatic carbocycles. The molecule has 0 spiro atoms. The zero-order valence-corrected chi connectivity index (χ0v) is 15.4. The molecular weight excluding hydrogens is 373 g/mol. The minimum atomic E-state index is -3.76. The molecule has 1 aromatic heterocycles. The molecule has 0 amide bonds. The van der Waals surface area contributed by atoms with Crippen molar-refractivity contribution in [3.63, 3.8) is 0 Å². The molecule has 27 heavy (non-hydrogen) atoms. The lowest BCUT2D eigenvalue weighted by Crippen LogP contribution is -2.35. The summed E-state index contributed by atoms with van der Waals surface area (Å²) >= 11 is 0. The van der Waals surface area contributed by atoms with Crippen molar-refractivity contribution in [3.8, 4) is 5.75 Å². The Bertz CT molecular complexity index is 1080. The predicted octanol–water partition coefficient (Wildman–Crippen LogP) is 2.23. The third kappa shape index (κ3) is 3.41. The van der Waals surface area contributed by atoms with Crippen LogP contribution >= 0.6 is 0 Å². The third-order valence-electron chi connectivity index (χ3n) is 4.51. The van der Waals surface area contributed by atoms with Crippen LogP contribution < -0.4 is 9.46 Å². The van der Waals surface area contributed by atoms with Crippen molar-refractivity contribution in [2.24, 2.45) is 0 Å². The van der Waals surface area contributed by atoms with Gasteiger partial charge in [-0.1, -0.05) is 0 Å². The van der Waals surface area contributed by atoms with Gasteiger partial charge >= 0.3 is 0 Å². The van der Waals surface area contributed by atoms with E-state index in [0.717, 1.165) is 29.0 Å². The molecule has 1 N–H and O–H groups in total. The topological polar surface area (TPSA) is 82.5 Å². The summed E-state index contributed by atoms with van der Waals surface area (Å²) in [6.45, 7) is 0.829. The second-order valence-electron chi connectivity index (χ2n) is 6.23. The second-order valence-corrected chi connectivity index (χ2v) is 7.99. The standard InChI is InChI=1S/C18H18FN3O4S/c1-25-14-4-7-16-17(8-14)22-13(10-26-11-18(22)21-16)9-20-27(23,24)15-5-2-12(19)3-6-15/h2-8,13,20H,9-11H2,1H3. The first-order valence-electron chi connectivity index (χ1n) is 8.36. The minimum Gasteiger partial charge on any atom is -0.497 e. The number of imidazole rings is 1. The average molecular weight is 391 g/mol. The maximum Gasteiger partial charge on any atom is 0.240 e. The molecule has 4 rings (SSSR count). The number of hydrogen-bond donors (Lipinski definition) is 1. The molecule has 1 atom stereocenters. The molecule has 0 fully saturated rings. The summed E-state index contributed by atoms with van der Waals surface area (Å²) in [6, 6.07) is 10.0. The van der Waals surface area contributed by atoms with Crippen molar-refractivity contribution in [2.45, 2.75) is 17.5 Å². The number of halogens is 1. The highest BCUT2D eigenvalue weighted by atomic mass is 32.2. The zero-order valence-electron chi connectivity index (χ0n) is 14.6. The maximum absolute atomic E-state index is 13.0. The van der Waals surface area contributed by atoms with E-state index in [-0.39, 0.29) is 17.5 Å². The highest BCUT2D eigenvalue weighted by Crippen LogP contribution is 2.28. The molecule has 3 aromatic rings. The molecular formula is C18H18FN3O4S. The monoisotopic (exact) mass is 391 g/mol. The van der Waals surface area contributed by atoms with Crippen molar-refractivity contribution in [1.29, 1.82) is 0 Å². The van der Waals surface area contributed by atoms with Crippen LogP contribution in [-0.2, 0) is 21.4 Å². The van der Waals surface area contributed by atoms with Gasteiger partial charge in [-0.2, -0.15) is 0 Å². The fraction of sp³-hybridized carbons (Fsp3) is 0.278. The minimum absolute atomic E-state index is 0.0120. The number of sulfonamides is 1. The van der Waals surface area contributed by atoms with Crippen LogP contribution in [0.2, 0.25) is 0 Å². The van der Waals surface area contributed by atoms with E-state index in [1.165, 1.54) is 12.1 Å². The van der Waals surface area contributed by atoms with E-state index >= 15 is 0 Å². The number of ether oxygens (including phenoxy) is 2. The van der Waals surface area contributed by atoms with Crippen molar-refractivity contribution >= 4 is 21.1 Å². The van der Waals surface area contributed by atoms with E-state index in [2.05, 4.69) is 9.71 Å².